The summed E-state index contributed by atoms with van der Waals surface area (Å²) in [6, 6.07) is 11.1. The van der Waals surface area contributed by atoms with E-state index in [9.17, 15) is 14.4 Å². The normalized spacial score (nSPS) is 12.3. The fourth-order valence-electron chi connectivity index (χ4n) is 3.19. The van der Waals surface area contributed by atoms with Gasteiger partial charge in [-0.2, -0.15) is 0 Å². The predicted octanol–water partition coefficient (Wildman–Crippen LogP) is 2.86. The van der Waals surface area contributed by atoms with Crippen molar-refractivity contribution < 1.29 is 37.7 Å². The SMILES string of the molecule is COCc1c(C(=O)OCC(=O)NC(=O)Nc2ccc3c(c2)OCCO3)oc2ccccc12. The summed E-state index contributed by atoms with van der Waals surface area (Å²) >= 11 is 0. The number of hydrogen-bond donors (Lipinski definition) is 2. The zero-order chi connectivity index (χ0) is 22.5. The van der Waals surface area contributed by atoms with E-state index < -0.39 is 24.5 Å². The van der Waals surface area contributed by atoms with E-state index in [0.29, 0.717) is 46.9 Å². The minimum absolute atomic E-state index is 0.0541. The molecular weight excluding hydrogens is 420 g/mol. The van der Waals surface area contributed by atoms with Gasteiger partial charge in [0, 0.05) is 29.8 Å². The Hall–Kier alpha value is -4.05. The van der Waals surface area contributed by atoms with Gasteiger partial charge >= 0.3 is 12.0 Å². The number of ether oxygens (including phenoxy) is 4. The standard InChI is InChI=1S/C22H20N2O8/c1-28-11-15-14-4-2-3-5-16(14)32-20(15)21(26)31-12-19(25)24-22(27)23-13-6-7-17-18(10-13)30-9-8-29-17/h2-7,10H,8-9,11-12H2,1H3,(H2,23,24,25,27). The average molecular weight is 440 g/mol. The second kappa shape index (κ2) is 9.40. The average Bonchev–Trinajstić information content (AvgIpc) is 3.16. The van der Waals surface area contributed by atoms with Crippen LogP contribution in [-0.4, -0.2) is 44.8 Å². The topological polar surface area (TPSA) is 125 Å². The van der Waals surface area contributed by atoms with Crippen LogP contribution in [0.4, 0.5) is 10.5 Å². The summed E-state index contributed by atoms with van der Waals surface area (Å²) in [7, 11) is 1.49. The van der Waals surface area contributed by atoms with Crippen LogP contribution in [0.3, 0.4) is 0 Å². The number of imide groups is 1. The highest BCUT2D eigenvalue weighted by molar-refractivity contribution is 6.03. The molecule has 0 radical (unpaired) electrons. The maximum Gasteiger partial charge on any atom is 0.375 e. The van der Waals surface area contributed by atoms with E-state index in [1.54, 1.807) is 42.5 Å². The summed E-state index contributed by atoms with van der Waals surface area (Å²) in [4.78, 5) is 36.6. The molecule has 3 aromatic rings. The monoisotopic (exact) mass is 440 g/mol. The van der Waals surface area contributed by atoms with Gasteiger partial charge in [-0.25, -0.2) is 9.59 Å². The Bertz CT molecular complexity index is 1170. The van der Waals surface area contributed by atoms with Crippen LogP contribution in [0.5, 0.6) is 11.5 Å². The number of hydrogen-bond acceptors (Lipinski definition) is 8. The van der Waals surface area contributed by atoms with Crippen molar-refractivity contribution >= 4 is 34.6 Å². The number of furan rings is 1. The van der Waals surface area contributed by atoms with E-state index >= 15 is 0 Å². The van der Waals surface area contributed by atoms with Gasteiger partial charge in [0.15, 0.2) is 18.1 Å². The molecule has 0 bridgehead atoms. The first-order chi connectivity index (χ1) is 15.5. The van der Waals surface area contributed by atoms with Gasteiger partial charge in [0.1, 0.15) is 18.8 Å². The molecule has 0 aliphatic carbocycles. The lowest BCUT2D eigenvalue weighted by Crippen LogP contribution is -2.37. The number of carbonyl (C=O) groups is 3. The van der Waals surface area contributed by atoms with Crippen LogP contribution in [0.2, 0.25) is 0 Å². The molecule has 1 aliphatic heterocycles. The van der Waals surface area contributed by atoms with E-state index in [2.05, 4.69) is 10.6 Å². The number of urea groups is 1. The second-order valence-corrected chi connectivity index (χ2v) is 6.78. The van der Waals surface area contributed by atoms with Crippen molar-refractivity contribution in [2.75, 3.05) is 32.2 Å². The summed E-state index contributed by atoms with van der Waals surface area (Å²) in [5.74, 6) is -0.634. The number of amides is 3. The number of methoxy groups -OCH3 is 1. The quantitative estimate of drug-likeness (QED) is 0.561. The van der Waals surface area contributed by atoms with Crippen LogP contribution in [0.15, 0.2) is 46.9 Å². The number of anilines is 1. The maximum atomic E-state index is 12.4. The number of nitrogens with one attached hydrogen (secondary N) is 2. The first-order valence-electron chi connectivity index (χ1n) is 9.72. The van der Waals surface area contributed by atoms with Crippen molar-refractivity contribution in [3.8, 4) is 11.5 Å². The number of esters is 1. The molecule has 2 heterocycles. The van der Waals surface area contributed by atoms with E-state index in [1.165, 1.54) is 7.11 Å². The first kappa shape index (κ1) is 21.2. The lowest BCUT2D eigenvalue weighted by Gasteiger charge is -2.19. The van der Waals surface area contributed by atoms with Gasteiger partial charge in [0.2, 0.25) is 5.76 Å². The molecule has 1 aliphatic rings. The number of fused-ring (bicyclic) bond motifs is 2. The van der Waals surface area contributed by atoms with Gasteiger partial charge in [0.05, 0.1) is 6.61 Å². The molecule has 2 N–H and O–H groups in total. The fourth-order valence-corrected chi connectivity index (χ4v) is 3.19. The number of rotatable bonds is 6. The Kier molecular flexibility index (Phi) is 6.22. The zero-order valence-corrected chi connectivity index (χ0v) is 17.1. The van der Waals surface area contributed by atoms with Gasteiger partial charge in [-0.1, -0.05) is 18.2 Å². The van der Waals surface area contributed by atoms with Crippen molar-refractivity contribution in [1.82, 2.24) is 5.32 Å². The van der Waals surface area contributed by atoms with Gasteiger partial charge < -0.3 is 28.7 Å². The van der Waals surface area contributed by atoms with Crippen LogP contribution in [0.1, 0.15) is 16.1 Å². The Morgan fingerprint density at radius 2 is 1.81 bits per heavy atom. The second-order valence-electron chi connectivity index (χ2n) is 6.78. The molecule has 0 saturated carbocycles. The molecule has 32 heavy (non-hydrogen) atoms. The molecule has 0 saturated heterocycles. The fraction of sp³-hybridized carbons (Fsp3) is 0.227. The van der Waals surface area contributed by atoms with Crippen LogP contribution in [0.25, 0.3) is 11.0 Å². The molecule has 0 atom stereocenters. The lowest BCUT2D eigenvalue weighted by atomic mass is 10.1. The summed E-state index contributed by atoms with van der Waals surface area (Å²) in [5, 5.41) is 5.30. The van der Waals surface area contributed by atoms with E-state index in [-0.39, 0.29) is 12.4 Å². The van der Waals surface area contributed by atoms with Gasteiger partial charge in [-0.3, -0.25) is 10.1 Å². The molecule has 3 amide bonds. The Morgan fingerprint density at radius 1 is 1.03 bits per heavy atom. The number of benzene rings is 2. The highest BCUT2D eigenvalue weighted by Gasteiger charge is 2.23. The minimum atomic E-state index is -0.837. The summed E-state index contributed by atoms with van der Waals surface area (Å²) in [6.45, 7) is 0.320. The highest BCUT2D eigenvalue weighted by Crippen LogP contribution is 2.32. The van der Waals surface area contributed by atoms with E-state index in [0.717, 1.165) is 0 Å². The molecule has 10 heteroatoms. The number of carbonyl (C=O) groups excluding carboxylic acids is 3. The molecule has 166 valence electrons. The number of para-hydroxylation sites is 1. The minimum Gasteiger partial charge on any atom is -0.486 e. The Balaban J connectivity index is 1.33. The molecule has 2 aromatic carbocycles. The molecule has 0 unspecified atom stereocenters. The van der Waals surface area contributed by atoms with Crippen LogP contribution >= 0.6 is 0 Å². The third kappa shape index (κ3) is 4.65. The van der Waals surface area contributed by atoms with Crippen molar-refractivity contribution in [2.24, 2.45) is 0 Å². The maximum absolute atomic E-state index is 12.4. The zero-order valence-electron chi connectivity index (χ0n) is 17.1. The Labute approximate surface area is 182 Å². The molecule has 0 fully saturated rings. The summed E-state index contributed by atoms with van der Waals surface area (Å²) in [5.41, 5.74) is 1.42. The lowest BCUT2D eigenvalue weighted by molar-refractivity contribution is -0.123. The molecule has 4 rings (SSSR count). The third-order valence-corrected chi connectivity index (χ3v) is 4.56. The van der Waals surface area contributed by atoms with Crippen molar-refractivity contribution in [3.63, 3.8) is 0 Å². The smallest absolute Gasteiger partial charge is 0.375 e. The molecule has 10 nitrogen and oxygen atoms in total. The van der Waals surface area contributed by atoms with Crippen molar-refractivity contribution in [2.45, 2.75) is 6.61 Å². The van der Waals surface area contributed by atoms with Crippen LogP contribution < -0.4 is 20.1 Å². The Morgan fingerprint density at radius 3 is 2.62 bits per heavy atom. The largest absolute Gasteiger partial charge is 0.486 e. The third-order valence-electron chi connectivity index (χ3n) is 4.56. The summed E-state index contributed by atoms with van der Waals surface area (Å²) in [6.07, 6.45) is 0. The van der Waals surface area contributed by atoms with Gasteiger partial charge in [-0.05, 0) is 18.2 Å². The van der Waals surface area contributed by atoms with Gasteiger partial charge in [0.25, 0.3) is 5.91 Å². The van der Waals surface area contributed by atoms with Crippen molar-refractivity contribution in [3.05, 3.63) is 53.8 Å². The predicted molar refractivity (Wildman–Crippen MR) is 112 cm³/mol. The van der Waals surface area contributed by atoms with Crippen LogP contribution in [0, 0.1) is 0 Å². The highest BCUT2D eigenvalue weighted by atomic mass is 16.6. The molecular formula is C22H20N2O8. The molecule has 0 spiro atoms. The summed E-state index contributed by atoms with van der Waals surface area (Å²) < 4.78 is 26.6. The van der Waals surface area contributed by atoms with Crippen molar-refractivity contribution in [1.29, 1.82) is 0 Å². The van der Waals surface area contributed by atoms with Gasteiger partial charge in [-0.15, -0.1) is 0 Å². The first-order valence-corrected chi connectivity index (χ1v) is 9.72. The van der Waals surface area contributed by atoms with E-state index in [4.69, 9.17) is 23.4 Å². The molecule has 1 aromatic heterocycles. The van der Waals surface area contributed by atoms with E-state index in [1.807, 2.05) is 0 Å². The van der Waals surface area contributed by atoms with Crippen LogP contribution in [-0.2, 0) is 20.9 Å².